The summed E-state index contributed by atoms with van der Waals surface area (Å²) in [5, 5.41) is 1.85. The molecule has 4 heteroatoms. The Morgan fingerprint density at radius 2 is 1.93 bits per heavy atom. The summed E-state index contributed by atoms with van der Waals surface area (Å²) in [6.45, 7) is 0. The van der Waals surface area contributed by atoms with Gasteiger partial charge in [-0.25, -0.2) is 8.78 Å². The summed E-state index contributed by atoms with van der Waals surface area (Å²) < 4.78 is 26.3. The smallest absolute Gasteiger partial charge is 0.163 e. The molecule has 0 saturated carbocycles. The number of benzene rings is 1. The Balaban J connectivity index is 2.42. The van der Waals surface area contributed by atoms with Crippen molar-refractivity contribution in [3.8, 4) is 0 Å². The highest BCUT2D eigenvalue weighted by atomic mass is 32.1. The lowest BCUT2D eigenvalue weighted by Crippen LogP contribution is -2.12. The standard InChI is InChI=1S/C11H9F2NS/c12-8-4-1-3-7(10(8)13)11(14)9-5-2-6-15-9/h1-6,11H,14H2/t11-/m1/s1. The largest absolute Gasteiger partial charge is 0.320 e. The minimum absolute atomic E-state index is 0.192. The number of halogens is 2. The Kier molecular flexibility index (Phi) is 2.79. The number of hydrogen-bond acceptors (Lipinski definition) is 2. The number of thiophene rings is 1. The van der Waals surface area contributed by atoms with Crippen LogP contribution in [0.4, 0.5) is 8.78 Å². The first kappa shape index (κ1) is 10.3. The van der Waals surface area contributed by atoms with E-state index in [0.717, 1.165) is 10.9 Å². The van der Waals surface area contributed by atoms with Gasteiger partial charge in [-0.2, -0.15) is 0 Å². The minimum atomic E-state index is -0.863. The van der Waals surface area contributed by atoms with Gasteiger partial charge in [-0.3, -0.25) is 0 Å². The Morgan fingerprint density at radius 3 is 2.60 bits per heavy atom. The van der Waals surface area contributed by atoms with Gasteiger partial charge < -0.3 is 5.73 Å². The zero-order valence-electron chi connectivity index (χ0n) is 7.78. The van der Waals surface area contributed by atoms with Gasteiger partial charge >= 0.3 is 0 Å². The average molecular weight is 225 g/mol. The van der Waals surface area contributed by atoms with Crippen LogP contribution in [-0.4, -0.2) is 0 Å². The Hall–Kier alpha value is -1.26. The molecule has 2 rings (SSSR count). The molecule has 2 aromatic rings. The van der Waals surface area contributed by atoms with E-state index in [1.165, 1.54) is 23.5 Å². The van der Waals surface area contributed by atoms with Crippen molar-refractivity contribution in [1.82, 2.24) is 0 Å². The molecule has 0 saturated heterocycles. The van der Waals surface area contributed by atoms with E-state index in [1.54, 1.807) is 6.07 Å². The molecule has 0 fully saturated rings. The lowest BCUT2D eigenvalue weighted by Gasteiger charge is -2.11. The Bertz CT molecular complexity index is 454. The maximum Gasteiger partial charge on any atom is 0.163 e. The zero-order chi connectivity index (χ0) is 10.8. The molecular formula is C11H9F2NS. The van der Waals surface area contributed by atoms with E-state index in [1.807, 2.05) is 11.4 Å². The van der Waals surface area contributed by atoms with Gasteiger partial charge in [-0.15, -0.1) is 11.3 Å². The second-order valence-electron chi connectivity index (χ2n) is 3.14. The Morgan fingerprint density at radius 1 is 1.13 bits per heavy atom. The first-order valence-electron chi connectivity index (χ1n) is 4.43. The van der Waals surface area contributed by atoms with E-state index < -0.39 is 17.7 Å². The molecule has 78 valence electrons. The van der Waals surface area contributed by atoms with Crippen LogP contribution < -0.4 is 5.73 Å². The van der Waals surface area contributed by atoms with Gasteiger partial charge in [0, 0.05) is 10.4 Å². The second kappa shape index (κ2) is 4.08. The van der Waals surface area contributed by atoms with Crippen LogP contribution in [0.25, 0.3) is 0 Å². The van der Waals surface area contributed by atoms with Crippen LogP contribution in [0.1, 0.15) is 16.5 Å². The van der Waals surface area contributed by atoms with Crippen LogP contribution in [0.3, 0.4) is 0 Å². The summed E-state index contributed by atoms with van der Waals surface area (Å²) in [6.07, 6.45) is 0. The summed E-state index contributed by atoms with van der Waals surface area (Å²) in [4.78, 5) is 0.819. The van der Waals surface area contributed by atoms with Gasteiger partial charge in [0.15, 0.2) is 11.6 Å². The van der Waals surface area contributed by atoms with Crippen LogP contribution in [0, 0.1) is 11.6 Å². The maximum atomic E-state index is 13.4. The lowest BCUT2D eigenvalue weighted by molar-refractivity contribution is 0.495. The molecule has 0 aliphatic carbocycles. The van der Waals surface area contributed by atoms with E-state index in [9.17, 15) is 8.78 Å². The summed E-state index contributed by atoms with van der Waals surface area (Å²) in [7, 11) is 0. The van der Waals surface area contributed by atoms with Crippen LogP contribution in [0.5, 0.6) is 0 Å². The van der Waals surface area contributed by atoms with Crippen molar-refractivity contribution < 1.29 is 8.78 Å². The highest BCUT2D eigenvalue weighted by molar-refractivity contribution is 7.10. The first-order chi connectivity index (χ1) is 7.20. The molecule has 1 nitrogen and oxygen atoms in total. The third kappa shape index (κ3) is 1.91. The third-order valence-corrected chi connectivity index (χ3v) is 3.12. The van der Waals surface area contributed by atoms with Crippen molar-refractivity contribution in [2.45, 2.75) is 6.04 Å². The van der Waals surface area contributed by atoms with Crippen molar-refractivity contribution >= 4 is 11.3 Å². The molecule has 0 spiro atoms. The number of nitrogens with two attached hydrogens (primary N) is 1. The second-order valence-corrected chi connectivity index (χ2v) is 4.12. The normalized spacial score (nSPS) is 12.7. The maximum absolute atomic E-state index is 13.4. The summed E-state index contributed by atoms with van der Waals surface area (Å²) in [5.74, 6) is -1.72. The predicted octanol–water partition coefficient (Wildman–Crippen LogP) is 3.07. The summed E-state index contributed by atoms with van der Waals surface area (Å²) in [6, 6.07) is 7.08. The molecular weight excluding hydrogens is 216 g/mol. The van der Waals surface area contributed by atoms with E-state index in [-0.39, 0.29) is 5.56 Å². The van der Waals surface area contributed by atoms with Gasteiger partial charge in [0.1, 0.15) is 0 Å². The van der Waals surface area contributed by atoms with Gasteiger partial charge in [-0.1, -0.05) is 18.2 Å². The number of rotatable bonds is 2. The molecule has 1 aromatic heterocycles. The van der Waals surface area contributed by atoms with E-state index in [2.05, 4.69) is 0 Å². The molecule has 0 aliphatic heterocycles. The molecule has 0 aliphatic rings. The number of hydrogen-bond donors (Lipinski definition) is 1. The third-order valence-electron chi connectivity index (χ3n) is 2.17. The van der Waals surface area contributed by atoms with Crippen LogP contribution in [0.15, 0.2) is 35.7 Å². The zero-order valence-corrected chi connectivity index (χ0v) is 8.60. The monoisotopic (exact) mass is 225 g/mol. The van der Waals surface area contributed by atoms with Crippen molar-refractivity contribution in [3.63, 3.8) is 0 Å². The molecule has 0 unspecified atom stereocenters. The van der Waals surface area contributed by atoms with E-state index in [4.69, 9.17) is 5.73 Å². The lowest BCUT2D eigenvalue weighted by atomic mass is 10.1. The fourth-order valence-electron chi connectivity index (χ4n) is 1.38. The molecule has 0 radical (unpaired) electrons. The van der Waals surface area contributed by atoms with Crippen molar-refractivity contribution in [2.24, 2.45) is 5.73 Å². The topological polar surface area (TPSA) is 26.0 Å². The first-order valence-corrected chi connectivity index (χ1v) is 5.31. The molecule has 2 N–H and O–H groups in total. The van der Waals surface area contributed by atoms with Crippen molar-refractivity contribution in [3.05, 3.63) is 57.8 Å². The quantitative estimate of drug-likeness (QED) is 0.835. The molecule has 15 heavy (non-hydrogen) atoms. The van der Waals surface area contributed by atoms with E-state index in [0.29, 0.717) is 0 Å². The molecule has 1 atom stereocenters. The van der Waals surface area contributed by atoms with Gasteiger partial charge in [0.05, 0.1) is 6.04 Å². The highest BCUT2D eigenvalue weighted by Gasteiger charge is 2.16. The van der Waals surface area contributed by atoms with Crippen LogP contribution >= 0.6 is 11.3 Å². The van der Waals surface area contributed by atoms with Gasteiger partial charge in [0.2, 0.25) is 0 Å². The predicted molar refractivity (Wildman–Crippen MR) is 56.7 cm³/mol. The minimum Gasteiger partial charge on any atom is -0.320 e. The summed E-state index contributed by atoms with van der Waals surface area (Å²) >= 11 is 1.43. The van der Waals surface area contributed by atoms with Gasteiger partial charge in [-0.05, 0) is 17.5 Å². The van der Waals surface area contributed by atoms with Crippen molar-refractivity contribution in [2.75, 3.05) is 0 Å². The van der Waals surface area contributed by atoms with Gasteiger partial charge in [0.25, 0.3) is 0 Å². The SMILES string of the molecule is N[C@@H](c1cccs1)c1cccc(F)c1F. The average Bonchev–Trinajstić information content (AvgIpc) is 2.74. The summed E-state index contributed by atoms with van der Waals surface area (Å²) in [5.41, 5.74) is 6.03. The fourth-order valence-corrected chi connectivity index (χ4v) is 2.13. The fraction of sp³-hybridized carbons (Fsp3) is 0.0909. The molecule has 0 amide bonds. The Labute approximate surface area is 90.2 Å². The van der Waals surface area contributed by atoms with Crippen LogP contribution in [-0.2, 0) is 0 Å². The molecule has 0 bridgehead atoms. The van der Waals surface area contributed by atoms with Crippen LogP contribution in [0.2, 0.25) is 0 Å². The highest BCUT2D eigenvalue weighted by Crippen LogP contribution is 2.26. The molecule has 1 aromatic carbocycles. The van der Waals surface area contributed by atoms with E-state index >= 15 is 0 Å². The van der Waals surface area contributed by atoms with Crippen molar-refractivity contribution in [1.29, 1.82) is 0 Å². The molecule has 1 heterocycles.